The first-order valence-electron chi connectivity index (χ1n) is 6.25. The quantitative estimate of drug-likeness (QED) is 0.872. The minimum absolute atomic E-state index is 0.206. The number of aromatic nitrogens is 2. The van der Waals surface area contributed by atoms with E-state index in [1.54, 1.807) is 23.9 Å². The van der Waals surface area contributed by atoms with Crippen molar-refractivity contribution in [2.75, 3.05) is 6.54 Å². The smallest absolute Gasteiger partial charge is 0.243 e. The van der Waals surface area contributed by atoms with E-state index in [4.69, 9.17) is 4.52 Å². The van der Waals surface area contributed by atoms with Crippen LogP contribution in [0.3, 0.4) is 0 Å². The van der Waals surface area contributed by atoms with Crippen LogP contribution >= 0.6 is 11.8 Å². The van der Waals surface area contributed by atoms with E-state index in [0.717, 1.165) is 24.3 Å². The predicted molar refractivity (Wildman–Crippen MR) is 70.2 cm³/mol. The molecule has 0 unspecified atom stereocenters. The second kappa shape index (κ2) is 5.71. The summed E-state index contributed by atoms with van der Waals surface area (Å²) < 4.78 is 18.0. The van der Waals surface area contributed by atoms with Crippen LogP contribution in [0.25, 0.3) is 0 Å². The van der Waals surface area contributed by atoms with Gasteiger partial charge in [0.2, 0.25) is 5.89 Å². The molecule has 4 nitrogen and oxygen atoms in total. The lowest BCUT2D eigenvalue weighted by Gasteiger charge is -2.01. The first-order valence-corrected chi connectivity index (χ1v) is 7.24. The molecule has 0 spiro atoms. The van der Waals surface area contributed by atoms with Crippen LogP contribution in [0.2, 0.25) is 0 Å². The molecule has 2 heterocycles. The van der Waals surface area contributed by atoms with Gasteiger partial charge < -0.3 is 9.84 Å². The molecule has 1 saturated heterocycles. The summed E-state index contributed by atoms with van der Waals surface area (Å²) in [5.41, 5.74) is 0. The standard InChI is InChI=1S/C13H14FN3OS/c14-9-3-5-10(6-4-9)19-8-12-16-13(18-17-12)11-2-1-7-15-11/h3-6,11,15H,1-2,7-8H2/t11-/m1/s1. The van der Waals surface area contributed by atoms with Crippen molar-refractivity contribution in [2.45, 2.75) is 29.5 Å². The number of halogens is 1. The lowest BCUT2D eigenvalue weighted by Crippen LogP contribution is -2.13. The number of nitrogens with zero attached hydrogens (tertiary/aromatic N) is 2. The highest BCUT2D eigenvalue weighted by atomic mass is 32.2. The van der Waals surface area contributed by atoms with Crippen LogP contribution in [0.1, 0.15) is 30.6 Å². The van der Waals surface area contributed by atoms with Crippen LogP contribution in [-0.2, 0) is 5.75 Å². The van der Waals surface area contributed by atoms with Gasteiger partial charge in [-0.1, -0.05) is 5.16 Å². The highest BCUT2D eigenvalue weighted by molar-refractivity contribution is 7.98. The van der Waals surface area contributed by atoms with Gasteiger partial charge in [0.25, 0.3) is 0 Å². The Balaban J connectivity index is 1.59. The zero-order valence-corrected chi connectivity index (χ0v) is 11.1. The zero-order chi connectivity index (χ0) is 13.1. The van der Waals surface area contributed by atoms with Crippen LogP contribution < -0.4 is 5.32 Å². The third-order valence-electron chi connectivity index (χ3n) is 3.02. The van der Waals surface area contributed by atoms with E-state index in [0.29, 0.717) is 17.5 Å². The molecule has 1 N–H and O–H groups in total. The van der Waals surface area contributed by atoms with Crippen LogP contribution in [0.15, 0.2) is 33.7 Å². The maximum absolute atomic E-state index is 12.8. The number of rotatable bonds is 4. The summed E-state index contributed by atoms with van der Waals surface area (Å²) in [4.78, 5) is 5.38. The van der Waals surface area contributed by atoms with Gasteiger partial charge >= 0.3 is 0 Å². The lowest BCUT2D eigenvalue weighted by atomic mass is 10.2. The molecule has 1 aliphatic rings. The Kier molecular flexibility index (Phi) is 3.79. The van der Waals surface area contributed by atoms with Crippen LogP contribution in [0, 0.1) is 5.82 Å². The van der Waals surface area contributed by atoms with E-state index in [-0.39, 0.29) is 11.9 Å². The summed E-state index contributed by atoms with van der Waals surface area (Å²) >= 11 is 1.57. The largest absolute Gasteiger partial charge is 0.338 e. The summed E-state index contributed by atoms with van der Waals surface area (Å²) in [7, 11) is 0. The molecular formula is C13H14FN3OS. The summed E-state index contributed by atoms with van der Waals surface area (Å²) in [5.74, 6) is 1.76. The monoisotopic (exact) mass is 279 g/mol. The number of hydrogen-bond acceptors (Lipinski definition) is 5. The van der Waals surface area contributed by atoms with Crippen LogP contribution in [0.5, 0.6) is 0 Å². The highest BCUT2D eigenvalue weighted by Crippen LogP contribution is 2.24. The van der Waals surface area contributed by atoms with Gasteiger partial charge in [0.15, 0.2) is 5.82 Å². The van der Waals surface area contributed by atoms with Crippen molar-refractivity contribution in [3.8, 4) is 0 Å². The number of nitrogens with one attached hydrogen (secondary N) is 1. The molecule has 3 rings (SSSR count). The number of thioether (sulfide) groups is 1. The SMILES string of the molecule is Fc1ccc(SCc2noc([C@H]3CCCN3)n2)cc1. The topological polar surface area (TPSA) is 51.0 Å². The molecule has 1 aromatic carbocycles. The molecule has 6 heteroatoms. The van der Waals surface area contributed by atoms with Crippen molar-refractivity contribution < 1.29 is 8.91 Å². The first kappa shape index (κ1) is 12.6. The molecule has 0 aliphatic carbocycles. The van der Waals surface area contributed by atoms with E-state index in [1.807, 2.05) is 0 Å². The Morgan fingerprint density at radius 2 is 2.21 bits per heavy atom. The van der Waals surface area contributed by atoms with Crippen molar-refractivity contribution in [1.82, 2.24) is 15.5 Å². The van der Waals surface area contributed by atoms with Crippen molar-refractivity contribution in [3.05, 3.63) is 41.8 Å². The Labute approximate surface area is 114 Å². The second-order valence-corrected chi connectivity index (χ2v) is 5.49. The molecule has 2 aromatic rings. The van der Waals surface area contributed by atoms with E-state index in [1.165, 1.54) is 12.1 Å². The van der Waals surface area contributed by atoms with Gasteiger partial charge in [-0.15, -0.1) is 11.8 Å². The molecule has 1 aromatic heterocycles. The Bertz CT molecular complexity index is 537. The lowest BCUT2D eigenvalue weighted by molar-refractivity contribution is 0.342. The van der Waals surface area contributed by atoms with E-state index in [9.17, 15) is 4.39 Å². The molecule has 1 fully saturated rings. The normalized spacial score (nSPS) is 18.9. The molecule has 0 amide bonds. The molecular weight excluding hydrogens is 265 g/mol. The maximum Gasteiger partial charge on any atom is 0.243 e. The fourth-order valence-electron chi connectivity index (χ4n) is 2.04. The number of hydrogen-bond donors (Lipinski definition) is 1. The van der Waals surface area contributed by atoms with Gasteiger partial charge in [0, 0.05) is 4.90 Å². The molecule has 19 heavy (non-hydrogen) atoms. The molecule has 1 aliphatic heterocycles. The van der Waals surface area contributed by atoms with Crippen LogP contribution in [-0.4, -0.2) is 16.7 Å². The van der Waals surface area contributed by atoms with Crippen molar-refractivity contribution in [2.24, 2.45) is 0 Å². The predicted octanol–water partition coefficient (Wildman–Crippen LogP) is 2.93. The van der Waals surface area contributed by atoms with Gasteiger partial charge in [-0.05, 0) is 43.7 Å². The minimum atomic E-state index is -0.224. The maximum atomic E-state index is 12.8. The van der Waals surface area contributed by atoms with Gasteiger partial charge in [-0.3, -0.25) is 0 Å². The Morgan fingerprint density at radius 3 is 2.95 bits per heavy atom. The molecule has 1 atom stereocenters. The molecule has 0 bridgehead atoms. The van der Waals surface area contributed by atoms with Crippen molar-refractivity contribution in [3.63, 3.8) is 0 Å². The molecule has 0 saturated carbocycles. The van der Waals surface area contributed by atoms with Crippen LogP contribution in [0.4, 0.5) is 4.39 Å². The average Bonchev–Trinajstić information content (AvgIpc) is 3.09. The van der Waals surface area contributed by atoms with Crippen molar-refractivity contribution in [1.29, 1.82) is 0 Å². The second-order valence-electron chi connectivity index (χ2n) is 4.44. The van der Waals surface area contributed by atoms with Gasteiger partial charge in [-0.2, -0.15) is 4.98 Å². The fraction of sp³-hybridized carbons (Fsp3) is 0.385. The highest BCUT2D eigenvalue weighted by Gasteiger charge is 2.22. The van der Waals surface area contributed by atoms with Gasteiger partial charge in [0.1, 0.15) is 5.82 Å². The third-order valence-corrected chi connectivity index (χ3v) is 4.03. The summed E-state index contributed by atoms with van der Waals surface area (Å²) in [6.45, 7) is 1.01. The first-order chi connectivity index (χ1) is 9.31. The Hall–Kier alpha value is -1.40. The van der Waals surface area contributed by atoms with E-state index < -0.39 is 0 Å². The third kappa shape index (κ3) is 3.13. The number of benzene rings is 1. The van der Waals surface area contributed by atoms with Gasteiger partial charge in [-0.25, -0.2) is 4.39 Å². The fourth-order valence-corrected chi connectivity index (χ4v) is 2.78. The molecule has 100 valence electrons. The molecule has 0 radical (unpaired) electrons. The average molecular weight is 279 g/mol. The zero-order valence-electron chi connectivity index (χ0n) is 10.3. The summed E-state index contributed by atoms with van der Waals surface area (Å²) in [5, 5.41) is 7.29. The van der Waals surface area contributed by atoms with E-state index >= 15 is 0 Å². The Morgan fingerprint density at radius 1 is 1.37 bits per heavy atom. The van der Waals surface area contributed by atoms with E-state index in [2.05, 4.69) is 15.5 Å². The summed E-state index contributed by atoms with van der Waals surface area (Å²) in [6.07, 6.45) is 2.19. The summed E-state index contributed by atoms with van der Waals surface area (Å²) in [6, 6.07) is 6.61. The van der Waals surface area contributed by atoms with Gasteiger partial charge in [0.05, 0.1) is 11.8 Å². The van der Waals surface area contributed by atoms with Crippen molar-refractivity contribution >= 4 is 11.8 Å². The minimum Gasteiger partial charge on any atom is -0.338 e.